The lowest BCUT2D eigenvalue weighted by atomic mass is 9.96. The SMILES string of the molecule is CCc1nccn1CC1CCN(C(=O)c2ccc(C)c([N+](=O)[O-])c2)CC1. The van der Waals surface area contributed by atoms with Gasteiger partial charge in [-0.2, -0.15) is 0 Å². The molecule has 138 valence electrons. The molecule has 1 fully saturated rings. The molecule has 3 rings (SSSR count). The maximum absolute atomic E-state index is 12.7. The van der Waals surface area contributed by atoms with Gasteiger partial charge in [-0.3, -0.25) is 14.9 Å². The predicted molar refractivity (Wildman–Crippen MR) is 98.1 cm³/mol. The zero-order valence-electron chi connectivity index (χ0n) is 15.2. The lowest BCUT2D eigenvalue weighted by Gasteiger charge is -2.32. The smallest absolute Gasteiger partial charge is 0.273 e. The van der Waals surface area contributed by atoms with E-state index in [1.165, 1.54) is 6.07 Å². The molecule has 7 heteroatoms. The van der Waals surface area contributed by atoms with Crippen LogP contribution >= 0.6 is 0 Å². The number of benzene rings is 1. The van der Waals surface area contributed by atoms with E-state index in [-0.39, 0.29) is 11.6 Å². The van der Waals surface area contributed by atoms with E-state index in [9.17, 15) is 14.9 Å². The fourth-order valence-electron chi connectivity index (χ4n) is 3.54. The van der Waals surface area contributed by atoms with Crippen molar-refractivity contribution >= 4 is 11.6 Å². The molecular weight excluding hydrogens is 332 g/mol. The van der Waals surface area contributed by atoms with Crippen molar-refractivity contribution < 1.29 is 9.72 Å². The number of aromatic nitrogens is 2. The van der Waals surface area contributed by atoms with Gasteiger partial charge in [0, 0.05) is 55.6 Å². The van der Waals surface area contributed by atoms with E-state index in [2.05, 4.69) is 16.5 Å². The number of amides is 1. The van der Waals surface area contributed by atoms with Crippen LogP contribution in [0.4, 0.5) is 5.69 Å². The molecule has 0 spiro atoms. The van der Waals surface area contributed by atoms with Crippen LogP contribution in [0.2, 0.25) is 0 Å². The molecule has 0 aliphatic carbocycles. The minimum absolute atomic E-state index is 0.00191. The molecule has 1 amide bonds. The van der Waals surface area contributed by atoms with E-state index in [0.717, 1.165) is 31.6 Å². The van der Waals surface area contributed by atoms with Crippen LogP contribution in [-0.2, 0) is 13.0 Å². The third-order valence-electron chi connectivity index (χ3n) is 5.13. The number of hydrogen-bond acceptors (Lipinski definition) is 4. The molecule has 1 saturated heterocycles. The van der Waals surface area contributed by atoms with Crippen LogP contribution in [0.3, 0.4) is 0 Å². The second kappa shape index (κ2) is 7.68. The maximum Gasteiger partial charge on any atom is 0.273 e. The van der Waals surface area contributed by atoms with Crippen molar-refractivity contribution in [3.63, 3.8) is 0 Å². The predicted octanol–water partition coefficient (Wildman–Crippen LogP) is 3.21. The Balaban J connectivity index is 1.62. The molecule has 0 unspecified atom stereocenters. The summed E-state index contributed by atoms with van der Waals surface area (Å²) in [5, 5.41) is 11.1. The van der Waals surface area contributed by atoms with E-state index in [0.29, 0.717) is 30.1 Å². The normalized spacial score (nSPS) is 15.2. The van der Waals surface area contributed by atoms with Gasteiger partial charge in [0.2, 0.25) is 0 Å². The quantitative estimate of drug-likeness (QED) is 0.608. The standard InChI is InChI=1S/C19H24N4O3/c1-3-18-20-8-11-22(18)13-15-6-9-21(10-7-15)19(24)16-5-4-14(2)17(12-16)23(25)26/h4-5,8,11-12,15H,3,6-7,9-10,13H2,1-2H3. The molecular formula is C19H24N4O3. The number of hydrogen-bond donors (Lipinski definition) is 0. The summed E-state index contributed by atoms with van der Waals surface area (Å²) < 4.78 is 2.20. The average molecular weight is 356 g/mol. The molecule has 1 aliphatic rings. The fraction of sp³-hybridized carbons (Fsp3) is 0.474. The lowest BCUT2D eigenvalue weighted by molar-refractivity contribution is -0.385. The molecule has 0 radical (unpaired) electrons. The number of imidazole rings is 1. The number of carbonyl (C=O) groups is 1. The Morgan fingerprint density at radius 1 is 1.35 bits per heavy atom. The first kappa shape index (κ1) is 18.1. The molecule has 1 aromatic carbocycles. The molecule has 1 aliphatic heterocycles. The van der Waals surface area contributed by atoms with Crippen LogP contribution in [0.15, 0.2) is 30.6 Å². The van der Waals surface area contributed by atoms with Gasteiger partial charge >= 0.3 is 0 Å². The van der Waals surface area contributed by atoms with Crippen molar-refractivity contribution in [3.8, 4) is 0 Å². The summed E-state index contributed by atoms with van der Waals surface area (Å²) in [4.78, 5) is 29.5. The number of nitro groups is 1. The van der Waals surface area contributed by atoms with Gasteiger partial charge < -0.3 is 9.47 Å². The highest BCUT2D eigenvalue weighted by Gasteiger charge is 2.25. The van der Waals surface area contributed by atoms with E-state index in [4.69, 9.17) is 0 Å². The molecule has 0 bridgehead atoms. The molecule has 26 heavy (non-hydrogen) atoms. The second-order valence-corrected chi connectivity index (χ2v) is 6.84. The number of nitrogens with zero attached hydrogens (tertiary/aromatic N) is 4. The van der Waals surface area contributed by atoms with Crippen molar-refractivity contribution in [1.82, 2.24) is 14.5 Å². The van der Waals surface area contributed by atoms with Gasteiger partial charge in [-0.1, -0.05) is 13.0 Å². The van der Waals surface area contributed by atoms with Gasteiger partial charge in [0.25, 0.3) is 11.6 Å². The van der Waals surface area contributed by atoms with E-state index in [1.807, 2.05) is 12.4 Å². The Morgan fingerprint density at radius 2 is 2.08 bits per heavy atom. The molecule has 1 aromatic heterocycles. The first-order chi connectivity index (χ1) is 12.5. The van der Waals surface area contributed by atoms with Gasteiger partial charge in [0.1, 0.15) is 5.82 Å². The summed E-state index contributed by atoms with van der Waals surface area (Å²) in [6.45, 7) is 6.07. The first-order valence-electron chi connectivity index (χ1n) is 9.04. The number of nitro benzene ring substituents is 1. The first-order valence-corrected chi connectivity index (χ1v) is 9.04. The minimum Gasteiger partial charge on any atom is -0.339 e. The lowest BCUT2D eigenvalue weighted by Crippen LogP contribution is -2.39. The van der Waals surface area contributed by atoms with Gasteiger partial charge in [-0.15, -0.1) is 0 Å². The van der Waals surface area contributed by atoms with Gasteiger partial charge in [-0.05, 0) is 31.7 Å². The minimum atomic E-state index is -0.436. The number of piperidine rings is 1. The van der Waals surface area contributed by atoms with Gasteiger partial charge in [0.05, 0.1) is 4.92 Å². The number of aryl methyl sites for hydroxylation is 2. The van der Waals surface area contributed by atoms with E-state index in [1.54, 1.807) is 24.0 Å². The Bertz CT molecular complexity index is 807. The van der Waals surface area contributed by atoms with Gasteiger partial charge in [-0.25, -0.2) is 4.98 Å². The topological polar surface area (TPSA) is 81.3 Å². The molecule has 0 saturated carbocycles. The maximum atomic E-state index is 12.7. The molecule has 2 heterocycles. The molecule has 0 atom stereocenters. The Hall–Kier alpha value is -2.70. The van der Waals surface area contributed by atoms with E-state index < -0.39 is 4.92 Å². The summed E-state index contributed by atoms with van der Waals surface area (Å²) in [6.07, 6.45) is 6.63. The van der Waals surface area contributed by atoms with Crippen LogP contribution in [0.5, 0.6) is 0 Å². The highest BCUT2D eigenvalue weighted by Crippen LogP contribution is 2.24. The zero-order valence-corrected chi connectivity index (χ0v) is 15.2. The monoisotopic (exact) mass is 356 g/mol. The summed E-state index contributed by atoms with van der Waals surface area (Å²) in [5.41, 5.74) is 0.957. The van der Waals surface area contributed by atoms with Crippen molar-refractivity contribution in [2.45, 2.75) is 39.7 Å². The number of carbonyl (C=O) groups excluding carboxylic acids is 1. The second-order valence-electron chi connectivity index (χ2n) is 6.84. The summed E-state index contributed by atoms with van der Waals surface area (Å²) in [6, 6.07) is 4.71. The Labute approximate surface area is 152 Å². The third-order valence-corrected chi connectivity index (χ3v) is 5.13. The summed E-state index contributed by atoms with van der Waals surface area (Å²) in [5.74, 6) is 1.49. The molecule has 2 aromatic rings. The van der Waals surface area contributed by atoms with Crippen LogP contribution in [0.25, 0.3) is 0 Å². The highest BCUT2D eigenvalue weighted by atomic mass is 16.6. The van der Waals surface area contributed by atoms with Crippen molar-refractivity contribution in [2.75, 3.05) is 13.1 Å². The Kier molecular flexibility index (Phi) is 5.35. The van der Waals surface area contributed by atoms with Crippen LogP contribution in [0.1, 0.15) is 41.5 Å². The number of likely N-dealkylation sites (tertiary alicyclic amines) is 1. The zero-order chi connectivity index (χ0) is 18.7. The van der Waals surface area contributed by atoms with Crippen molar-refractivity contribution in [3.05, 3.63) is 57.7 Å². The Morgan fingerprint density at radius 3 is 2.73 bits per heavy atom. The van der Waals surface area contributed by atoms with Gasteiger partial charge in [0.15, 0.2) is 0 Å². The highest BCUT2D eigenvalue weighted by molar-refractivity contribution is 5.95. The molecule has 7 nitrogen and oxygen atoms in total. The van der Waals surface area contributed by atoms with E-state index >= 15 is 0 Å². The van der Waals surface area contributed by atoms with Crippen molar-refractivity contribution in [2.24, 2.45) is 5.92 Å². The van der Waals surface area contributed by atoms with Crippen LogP contribution in [0, 0.1) is 23.0 Å². The van der Waals surface area contributed by atoms with Crippen molar-refractivity contribution in [1.29, 1.82) is 0 Å². The molecule has 0 N–H and O–H groups in total. The number of rotatable bonds is 5. The summed E-state index contributed by atoms with van der Waals surface area (Å²) >= 11 is 0. The van der Waals surface area contributed by atoms with Crippen LogP contribution < -0.4 is 0 Å². The largest absolute Gasteiger partial charge is 0.339 e. The fourth-order valence-corrected chi connectivity index (χ4v) is 3.54. The van der Waals surface area contributed by atoms with Crippen LogP contribution in [-0.4, -0.2) is 38.4 Å². The summed E-state index contributed by atoms with van der Waals surface area (Å²) in [7, 11) is 0. The average Bonchev–Trinajstić information content (AvgIpc) is 3.09. The third kappa shape index (κ3) is 3.76.